The zero-order valence-corrected chi connectivity index (χ0v) is 15.5. The number of nitrogens with one attached hydrogen (secondary N) is 1. The lowest BCUT2D eigenvalue weighted by atomic mass is 10.1. The van der Waals surface area contributed by atoms with Gasteiger partial charge in [-0.1, -0.05) is 12.1 Å². The number of rotatable bonds is 4. The third kappa shape index (κ3) is 3.70. The maximum absolute atomic E-state index is 13.0. The van der Waals surface area contributed by atoms with Gasteiger partial charge in [0.1, 0.15) is 0 Å². The number of ether oxygens (including phenoxy) is 1. The van der Waals surface area contributed by atoms with Crippen molar-refractivity contribution in [3.05, 3.63) is 59.8 Å². The Kier molecular flexibility index (Phi) is 4.99. The average molecular weight is 376 g/mol. The third-order valence-electron chi connectivity index (χ3n) is 4.63. The molecule has 0 atom stereocenters. The quantitative estimate of drug-likeness (QED) is 0.705. The van der Waals surface area contributed by atoms with E-state index in [1.165, 1.54) is 6.92 Å². The van der Waals surface area contributed by atoms with Crippen LogP contribution in [0.2, 0.25) is 0 Å². The van der Waals surface area contributed by atoms with Gasteiger partial charge < -0.3 is 15.0 Å². The molecule has 0 unspecified atom stereocenters. The molecule has 28 heavy (non-hydrogen) atoms. The molecular formula is C21H20N4O3. The van der Waals surface area contributed by atoms with E-state index in [1.54, 1.807) is 24.3 Å². The molecule has 1 aliphatic heterocycles. The third-order valence-corrected chi connectivity index (χ3v) is 4.63. The van der Waals surface area contributed by atoms with Gasteiger partial charge in [0.05, 0.1) is 24.2 Å². The minimum Gasteiger partial charge on any atom is -0.378 e. The predicted octanol–water partition coefficient (Wildman–Crippen LogP) is 2.92. The zero-order chi connectivity index (χ0) is 19.5. The van der Waals surface area contributed by atoms with Gasteiger partial charge in [0, 0.05) is 24.3 Å². The second kappa shape index (κ2) is 7.74. The molecular weight excluding hydrogens is 356 g/mol. The van der Waals surface area contributed by atoms with Gasteiger partial charge in [-0.25, -0.2) is 9.97 Å². The summed E-state index contributed by atoms with van der Waals surface area (Å²) in [7, 11) is 0. The molecule has 1 fully saturated rings. The first-order chi connectivity index (χ1) is 13.6. The minimum atomic E-state index is -0.338. The molecule has 1 N–H and O–H groups in total. The normalized spacial score (nSPS) is 14.1. The Morgan fingerprint density at radius 2 is 1.61 bits per heavy atom. The van der Waals surface area contributed by atoms with E-state index >= 15 is 0 Å². The Balaban J connectivity index is 1.68. The van der Waals surface area contributed by atoms with Crippen molar-refractivity contribution in [2.75, 3.05) is 36.5 Å². The van der Waals surface area contributed by atoms with Crippen LogP contribution in [0.1, 0.15) is 27.8 Å². The number of fused-ring (bicyclic) bond motifs is 1. The lowest BCUT2D eigenvalue weighted by Crippen LogP contribution is -2.38. The summed E-state index contributed by atoms with van der Waals surface area (Å²) in [5, 5.41) is 2.86. The Hall–Kier alpha value is -3.32. The lowest BCUT2D eigenvalue weighted by molar-refractivity contribution is 0.101. The molecule has 0 saturated carbocycles. The van der Waals surface area contributed by atoms with Crippen molar-refractivity contribution in [1.82, 2.24) is 9.97 Å². The maximum Gasteiger partial charge on any atom is 0.278 e. The average Bonchev–Trinajstić information content (AvgIpc) is 2.73. The van der Waals surface area contributed by atoms with Crippen molar-refractivity contribution >= 4 is 34.2 Å². The summed E-state index contributed by atoms with van der Waals surface area (Å²) in [6.45, 7) is 3.98. The van der Waals surface area contributed by atoms with E-state index in [-0.39, 0.29) is 17.4 Å². The number of carbonyl (C=O) groups is 2. The van der Waals surface area contributed by atoms with E-state index < -0.39 is 0 Å². The molecule has 1 amide bonds. The molecule has 7 nitrogen and oxygen atoms in total. The van der Waals surface area contributed by atoms with Crippen LogP contribution in [0.5, 0.6) is 0 Å². The Labute approximate surface area is 162 Å². The second-order valence-electron chi connectivity index (χ2n) is 6.57. The molecule has 0 spiro atoms. The fraction of sp³-hybridized carbons (Fsp3) is 0.238. The van der Waals surface area contributed by atoms with Gasteiger partial charge >= 0.3 is 0 Å². The molecule has 3 aromatic rings. The summed E-state index contributed by atoms with van der Waals surface area (Å²) in [4.78, 5) is 35.7. The first-order valence-electron chi connectivity index (χ1n) is 9.13. The molecule has 0 bridgehead atoms. The number of para-hydroxylation sites is 2. The molecule has 1 aromatic heterocycles. The van der Waals surface area contributed by atoms with Crippen molar-refractivity contribution in [2.45, 2.75) is 6.92 Å². The zero-order valence-electron chi connectivity index (χ0n) is 15.5. The predicted molar refractivity (Wildman–Crippen MR) is 107 cm³/mol. The van der Waals surface area contributed by atoms with Crippen molar-refractivity contribution < 1.29 is 14.3 Å². The number of hydrogen-bond acceptors (Lipinski definition) is 6. The van der Waals surface area contributed by atoms with Crippen LogP contribution >= 0.6 is 0 Å². The van der Waals surface area contributed by atoms with E-state index in [9.17, 15) is 9.59 Å². The van der Waals surface area contributed by atoms with Gasteiger partial charge in [0.15, 0.2) is 17.3 Å². The molecule has 1 saturated heterocycles. The fourth-order valence-electron chi connectivity index (χ4n) is 3.12. The van der Waals surface area contributed by atoms with Crippen molar-refractivity contribution in [3.8, 4) is 0 Å². The van der Waals surface area contributed by atoms with Gasteiger partial charge in [-0.05, 0) is 43.3 Å². The largest absolute Gasteiger partial charge is 0.378 e. The topological polar surface area (TPSA) is 84.4 Å². The van der Waals surface area contributed by atoms with Crippen LogP contribution in [-0.2, 0) is 4.74 Å². The minimum absolute atomic E-state index is 0.0205. The number of amides is 1. The van der Waals surface area contributed by atoms with E-state index in [0.29, 0.717) is 48.9 Å². The van der Waals surface area contributed by atoms with E-state index in [1.807, 2.05) is 29.2 Å². The molecule has 142 valence electrons. The van der Waals surface area contributed by atoms with Crippen LogP contribution in [0.15, 0.2) is 48.5 Å². The lowest BCUT2D eigenvalue weighted by Gasteiger charge is -2.29. The monoisotopic (exact) mass is 376 g/mol. The number of nitrogens with zero attached hydrogens (tertiary/aromatic N) is 3. The standard InChI is InChI=1S/C21H20N4O3/c1-14(26)15-6-8-16(9-7-15)22-21(27)19-20(25-10-12-28-13-11-25)24-18-5-3-2-4-17(18)23-19/h2-9H,10-13H2,1H3,(H,22,27). The summed E-state index contributed by atoms with van der Waals surface area (Å²) in [5.41, 5.74) is 2.87. The van der Waals surface area contributed by atoms with Gasteiger partial charge in [-0.3, -0.25) is 9.59 Å². The Morgan fingerprint density at radius 3 is 2.25 bits per heavy atom. The summed E-state index contributed by atoms with van der Waals surface area (Å²) in [6.07, 6.45) is 0. The molecule has 0 aliphatic carbocycles. The maximum atomic E-state index is 13.0. The Morgan fingerprint density at radius 1 is 0.964 bits per heavy atom. The molecule has 7 heteroatoms. The summed E-state index contributed by atoms with van der Waals surface area (Å²) >= 11 is 0. The number of morpholine rings is 1. The summed E-state index contributed by atoms with van der Waals surface area (Å²) < 4.78 is 5.42. The van der Waals surface area contributed by atoms with Crippen molar-refractivity contribution in [1.29, 1.82) is 0 Å². The summed E-state index contributed by atoms with van der Waals surface area (Å²) in [6, 6.07) is 14.3. The van der Waals surface area contributed by atoms with Gasteiger partial charge in [-0.2, -0.15) is 0 Å². The second-order valence-corrected chi connectivity index (χ2v) is 6.57. The van der Waals surface area contributed by atoms with Crippen LogP contribution in [0.25, 0.3) is 11.0 Å². The highest BCUT2D eigenvalue weighted by Gasteiger charge is 2.23. The van der Waals surface area contributed by atoms with Crippen LogP contribution in [0.3, 0.4) is 0 Å². The molecule has 1 aliphatic rings. The highest BCUT2D eigenvalue weighted by molar-refractivity contribution is 6.07. The number of aromatic nitrogens is 2. The van der Waals surface area contributed by atoms with Crippen molar-refractivity contribution in [3.63, 3.8) is 0 Å². The highest BCUT2D eigenvalue weighted by atomic mass is 16.5. The van der Waals surface area contributed by atoms with Gasteiger partial charge in [0.25, 0.3) is 5.91 Å². The van der Waals surface area contributed by atoms with Crippen LogP contribution < -0.4 is 10.2 Å². The fourth-order valence-corrected chi connectivity index (χ4v) is 3.12. The van der Waals surface area contributed by atoms with Gasteiger partial charge in [0.2, 0.25) is 0 Å². The number of ketones is 1. The van der Waals surface area contributed by atoms with Gasteiger partial charge in [-0.15, -0.1) is 0 Å². The number of hydrogen-bond donors (Lipinski definition) is 1. The molecule has 4 rings (SSSR count). The SMILES string of the molecule is CC(=O)c1ccc(NC(=O)c2nc3ccccc3nc2N2CCOCC2)cc1. The molecule has 0 radical (unpaired) electrons. The first-order valence-corrected chi connectivity index (χ1v) is 9.13. The van der Waals surface area contributed by atoms with E-state index in [0.717, 1.165) is 5.52 Å². The number of anilines is 2. The number of Topliss-reactive ketones (excluding diaryl/α,β-unsaturated/α-hetero) is 1. The number of benzene rings is 2. The highest BCUT2D eigenvalue weighted by Crippen LogP contribution is 2.23. The van der Waals surface area contributed by atoms with Crippen LogP contribution in [0.4, 0.5) is 11.5 Å². The van der Waals surface area contributed by atoms with Crippen LogP contribution in [0, 0.1) is 0 Å². The van der Waals surface area contributed by atoms with E-state index in [4.69, 9.17) is 9.72 Å². The molecule has 2 aromatic carbocycles. The van der Waals surface area contributed by atoms with Crippen LogP contribution in [-0.4, -0.2) is 48.0 Å². The van der Waals surface area contributed by atoms with Crippen molar-refractivity contribution in [2.24, 2.45) is 0 Å². The summed E-state index contributed by atoms with van der Waals surface area (Å²) in [5.74, 6) is 0.197. The number of carbonyl (C=O) groups excluding carboxylic acids is 2. The Bertz CT molecular complexity index is 1030. The molecule has 2 heterocycles. The van der Waals surface area contributed by atoms with E-state index in [2.05, 4.69) is 10.3 Å². The first kappa shape index (κ1) is 18.1. The smallest absolute Gasteiger partial charge is 0.278 e.